The Bertz CT molecular complexity index is 244. The van der Waals surface area contributed by atoms with Crippen molar-refractivity contribution in [1.82, 2.24) is 0 Å². The Morgan fingerprint density at radius 3 is 1.75 bits per heavy atom. The summed E-state index contributed by atoms with van der Waals surface area (Å²) in [7, 11) is 0. The molecule has 0 saturated carbocycles. The lowest BCUT2D eigenvalue weighted by atomic mass is 9.84. The molecule has 3 heteroatoms. The summed E-state index contributed by atoms with van der Waals surface area (Å²) in [6.45, 7) is 17.3. The van der Waals surface area contributed by atoms with Gasteiger partial charge in [-0.2, -0.15) is 0 Å². The van der Waals surface area contributed by atoms with Gasteiger partial charge in [0, 0.05) is 4.75 Å². The summed E-state index contributed by atoms with van der Waals surface area (Å²) in [4.78, 5) is 0. The maximum absolute atomic E-state index is 5.88. The van der Waals surface area contributed by atoms with Crippen LogP contribution in [0.15, 0.2) is 0 Å². The Morgan fingerprint density at radius 2 is 1.44 bits per heavy atom. The first kappa shape index (κ1) is 16.2. The highest BCUT2D eigenvalue weighted by Crippen LogP contribution is 2.33. The van der Waals surface area contributed by atoms with Gasteiger partial charge in [-0.05, 0) is 37.9 Å². The van der Waals surface area contributed by atoms with Crippen LogP contribution in [0.4, 0.5) is 0 Å². The second kappa shape index (κ2) is 5.26. The zero-order chi connectivity index (χ0) is 13.2. The third-order valence-electron chi connectivity index (χ3n) is 1.71. The van der Waals surface area contributed by atoms with Crippen LogP contribution in [0.1, 0.15) is 61.8 Å². The standard InChI is InChI=1S/C13H26OS2/c1-11(2,3)9-13(7,8)14-10(15)16-12(4,5)6/h9H2,1-8H3. The summed E-state index contributed by atoms with van der Waals surface area (Å²) in [5.74, 6) is 0. The number of hydrogen-bond acceptors (Lipinski definition) is 3. The van der Waals surface area contributed by atoms with Crippen LogP contribution in [0.25, 0.3) is 0 Å². The fourth-order valence-electron chi connectivity index (χ4n) is 1.81. The SMILES string of the molecule is CC(C)(C)CC(C)(C)OC(=S)SC(C)(C)C. The van der Waals surface area contributed by atoms with Crippen molar-refractivity contribution >= 4 is 28.4 Å². The number of hydrogen-bond donors (Lipinski definition) is 0. The molecule has 0 spiro atoms. The molecule has 0 radical (unpaired) electrons. The molecule has 0 aliphatic rings. The summed E-state index contributed by atoms with van der Waals surface area (Å²) >= 11 is 6.90. The molecule has 0 saturated heterocycles. The molecule has 0 bridgehead atoms. The highest BCUT2D eigenvalue weighted by atomic mass is 32.2. The highest BCUT2D eigenvalue weighted by Gasteiger charge is 2.29. The van der Waals surface area contributed by atoms with Crippen molar-refractivity contribution < 1.29 is 4.74 Å². The second-order valence-corrected chi connectivity index (χ2v) is 9.49. The van der Waals surface area contributed by atoms with Gasteiger partial charge in [-0.1, -0.05) is 53.3 Å². The van der Waals surface area contributed by atoms with Gasteiger partial charge >= 0.3 is 0 Å². The number of ether oxygens (including phenoxy) is 1. The van der Waals surface area contributed by atoms with E-state index in [1.165, 1.54) is 0 Å². The van der Waals surface area contributed by atoms with Crippen LogP contribution in [-0.2, 0) is 4.74 Å². The van der Waals surface area contributed by atoms with E-state index in [4.69, 9.17) is 17.0 Å². The minimum Gasteiger partial charge on any atom is -0.473 e. The normalized spacial score (nSPS) is 13.8. The van der Waals surface area contributed by atoms with Crippen molar-refractivity contribution in [2.45, 2.75) is 72.2 Å². The molecule has 0 rings (SSSR count). The first-order valence-electron chi connectivity index (χ1n) is 5.73. The Balaban J connectivity index is 4.32. The van der Waals surface area contributed by atoms with Crippen molar-refractivity contribution in [2.75, 3.05) is 0 Å². The lowest BCUT2D eigenvalue weighted by Gasteiger charge is -2.33. The third-order valence-corrected chi connectivity index (χ3v) is 2.90. The Kier molecular flexibility index (Phi) is 5.34. The molecule has 96 valence electrons. The summed E-state index contributed by atoms with van der Waals surface area (Å²) in [5, 5.41) is 0. The van der Waals surface area contributed by atoms with Gasteiger partial charge in [0.05, 0.1) is 0 Å². The molecule has 0 heterocycles. The fraction of sp³-hybridized carbons (Fsp3) is 0.923. The zero-order valence-electron chi connectivity index (χ0n) is 11.9. The predicted molar refractivity (Wildman–Crippen MR) is 79.2 cm³/mol. The smallest absolute Gasteiger partial charge is 0.221 e. The van der Waals surface area contributed by atoms with Crippen LogP contribution in [-0.4, -0.2) is 14.7 Å². The van der Waals surface area contributed by atoms with Crippen LogP contribution in [0, 0.1) is 5.41 Å². The van der Waals surface area contributed by atoms with E-state index < -0.39 is 0 Å². The lowest BCUT2D eigenvalue weighted by Crippen LogP contribution is -2.32. The molecule has 0 aromatic heterocycles. The predicted octanol–water partition coefficient (Wildman–Crippen LogP) is 5.03. The van der Waals surface area contributed by atoms with E-state index in [2.05, 4.69) is 55.4 Å². The maximum atomic E-state index is 5.88. The first-order chi connectivity index (χ1) is 6.81. The second-order valence-electron chi connectivity index (χ2n) is 7.06. The largest absolute Gasteiger partial charge is 0.473 e. The van der Waals surface area contributed by atoms with Crippen LogP contribution in [0.5, 0.6) is 0 Å². The minimum absolute atomic E-state index is 0.120. The van der Waals surface area contributed by atoms with Gasteiger partial charge < -0.3 is 4.74 Å². The zero-order valence-corrected chi connectivity index (χ0v) is 13.6. The van der Waals surface area contributed by atoms with Gasteiger partial charge in [0.1, 0.15) is 5.60 Å². The monoisotopic (exact) mass is 262 g/mol. The molecule has 0 aliphatic carbocycles. The average molecular weight is 262 g/mol. The van der Waals surface area contributed by atoms with Crippen molar-refractivity contribution in [3.63, 3.8) is 0 Å². The van der Waals surface area contributed by atoms with Gasteiger partial charge in [-0.15, -0.1) is 0 Å². The van der Waals surface area contributed by atoms with E-state index in [0.29, 0.717) is 4.38 Å². The molecule has 0 unspecified atom stereocenters. The van der Waals surface area contributed by atoms with Gasteiger partial charge in [-0.3, -0.25) is 0 Å². The molecule has 16 heavy (non-hydrogen) atoms. The van der Waals surface area contributed by atoms with E-state index in [0.717, 1.165) is 6.42 Å². The number of rotatable bonds is 2. The highest BCUT2D eigenvalue weighted by molar-refractivity contribution is 8.23. The van der Waals surface area contributed by atoms with E-state index in [-0.39, 0.29) is 15.8 Å². The van der Waals surface area contributed by atoms with Gasteiger partial charge in [0.25, 0.3) is 0 Å². The van der Waals surface area contributed by atoms with E-state index in [1.54, 1.807) is 11.8 Å². The average Bonchev–Trinajstić information content (AvgIpc) is 1.70. The lowest BCUT2D eigenvalue weighted by molar-refractivity contribution is 0.0581. The Labute approximate surface area is 111 Å². The third kappa shape index (κ3) is 9.46. The van der Waals surface area contributed by atoms with Crippen molar-refractivity contribution in [3.8, 4) is 0 Å². The number of thiocarbonyl (C=S) groups is 1. The quantitative estimate of drug-likeness (QED) is 0.646. The van der Waals surface area contributed by atoms with Crippen LogP contribution in [0.3, 0.4) is 0 Å². The topological polar surface area (TPSA) is 9.23 Å². The Morgan fingerprint density at radius 1 is 1.00 bits per heavy atom. The Hall–Kier alpha value is 0.240. The molecule has 0 aromatic rings. The van der Waals surface area contributed by atoms with Crippen molar-refractivity contribution in [3.05, 3.63) is 0 Å². The van der Waals surface area contributed by atoms with E-state index in [1.807, 2.05) is 0 Å². The van der Waals surface area contributed by atoms with E-state index >= 15 is 0 Å². The van der Waals surface area contributed by atoms with E-state index in [9.17, 15) is 0 Å². The fourth-order valence-corrected chi connectivity index (χ4v) is 3.55. The van der Waals surface area contributed by atoms with Gasteiger partial charge in [0.15, 0.2) is 0 Å². The molecule has 0 aromatic carbocycles. The number of thioether (sulfide) groups is 1. The molecular formula is C13H26OS2. The molecule has 0 N–H and O–H groups in total. The summed E-state index contributed by atoms with van der Waals surface area (Å²) in [6, 6.07) is 0. The van der Waals surface area contributed by atoms with Crippen LogP contribution >= 0.6 is 24.0 Å². The molecular weight excluding hydrogens is 236 g/mol. The van der Waals surface area contributed by atoms with Crippen molar-refractivity contribution in [2.24, 2.45) is 5.41 Å². The van der Waals surface area contributed by atoms with Gasteiger partial charge in [-0.25, -0.2) is 0 Å². The molecule has 0 amide bonds. The van der Waals surface area contributed by atoms with Gasteiger partial charge in [0.2, 0.25) is 4.38 Å². The van der Waals surface area contributed by atoms with Crippen LogP contribution in [0.2, 0.25) is 0 Å². The van der Waals surface area contributed by atoms with Crippen LogP contribution < -0.4 is 0 Å². The molecule has 0 atom stereocenters. The summed E-state index contributed by atoms with van der Waals surface area (Å²) in [6.07, 6.45) is 0.991. The van der Waals surface area contributed by atoms with Crippen molar-refractivity contribution in [1.29, 1.82) is 0 Å². The minimum atomic E-state index is -0.187. The molecule has 0 aliphatic heterocycles. The summed E-state index contributed by atoms with van der Waals surface area (Å²) < 4.78 is 6.66. The molecule has 1 nitrogen and oxygen atoms in total. The molecule has 0 fully saturated rings. The summed E-state index contributed by atoms with van der Waals surface area (Å²) in [5.41, 5.74) is 0.0685. The maximum Gasteiger partial charge on any atom is 0.221 e. The first-order valence-corrected chi connectivity index (χ1v) is 6.95.